The van der Waals surface area contributed by atoms with E-state index in [9.17, 15) is 41.1 Å². The van der Waals surface area contributed by atoms with Crippen LogP contribution in [0.25, 0.3) is 22.6 Å². The Hall–Kier alpha value is -5.92. The normalized spacial score (nSPS) is 26.6. The zero-order valence-electron chi connectivity index (χ0n) is 40.0. The lowest BCUT2D eigenvalue weighted by molar-refractivity contribution is -0.222. The topological polar surface area (TPSA) is 207 Å². The first-order valence-electron chi connectivity index (χ1n) is 23.2. The van der Waals surface area contributed by atoms with Crippen molar-refractivity contribution in [2.45, 2.75) is 140 Å². The van der Waals surface area contributed by atoms with E-state index < -0.39 is 92.4 Å². The van der Waals surface area contributed by atoms with Crippen molar-refractivity contribution in [3.63, 3.8) is 0 Å². The second-order valence-corrected chi connectivity index (χ2v) is 22.1. The van der Waals surface area contributed by atoms with E-state index in [0.717, 1.165) is 4.90 Å². The minimum atomic E-state index is -5.12. The molecule has 0 spiro atoms. The molecule has 4 aliphatic rings. The summed E-state index contributed by atoms with van der Waals surface area (Å²) in [6.07, 6.45) is -3.15. The molecule has 3 N–H and O–H groups in total. The van der Waals surface area contributed by atoms with Gasteiger partial charge in [-0.2, -0.15) is 13.2 Å². The smallest absolute Gasteiger partial charge is 0.411 e. The van der Waals surface area contributed by atoms with E-state index in [1.165, 1.54) is 21.0 Å². The number of fused-ring (bicyclic) bond motifs is 2. The highest BCUT2D eigenvalue weighted by atomic mass is 32.2. The third-order valence-corrected chi connectivity index (χ3v) is 16.0. The molecule has 0 bridgehead atoms. The number of allylic oxidation sites excluding steroid dienone is 1. The molecular weight excluding hydrogens is 922 g/mol. The Labute approximate surface area is 400 Å². The molecule has 1 saturated heterocycles. The molecule has 4 amide bonds. The Morgan fingerprint density at radius 1 is 0.986 bits per heavy atom. The fourth-order valence-electron chi connectivity index (χ4n) is 9.28. The van der Waals surface area contributed by atoms with Gasteiger partial charge in [0.25, 0.3) is 5.91 Å². The van der Waals surface area contributed by atoms with Gasteiger partial charge in [0.15, 0.2) is 0 Å². The number of nitrogens with one attached hydrogen (secondary N) is 2. The Morgan fingerprint density at radius 3 is 2.29 bits per heavy atom. The van der Waals surface area contributed by atoms with Crippen molar-refractivity contribution in [3.05, 3.63) is 66.7 Å². The van der Waals surface area contributed by atoms with Gasteiger partial charge in [-0.1, -0.05) is 32.1 Å². The van der Waals surface area contributed by atoms with E-state index in [1.807, 2.05) is 32.9 Å². The first-order chi connectivity index (χ1) is 32.3. The van der Waals surface area contributed by atoms with E-state index in [2.05, 4.69) is 15.0 Å². The number of carbonyl (C=O) groups excluding carboxylic acids is 3. The molecule has 1 aromatic carbocycles. The van der Waals surface area contributed by atoms with Crippen LogP contribution < -0.4 is 24.2 Å². The van der Waals surface area contributed by atoms with Crippen LogP contribution >= 0.6 is 0 Å². The summed E-state index contributed by atoms with van der Waals surface area (Å²) in [7, 11) is -2.69. The number of halogens is 3. The van der Waals surface area contributed by atoms with Crippen LogP contribution in [-0.4, -0.2) is 117 Å². The zero-order chi connectivity index (χ0) is 50.4. The molecule has 374 valence electrons. The minimum Gasteiger partial charge on any atom is -0.491 e. The van der Waals surface area contributed by atoms with E-state index in [0.29, 0.717) is 73.8 Å². The van der Waals surface area contributed by atoms with Crippen molar-refractivity contribution in [1.29, 1.82) is 0 Å². The fraction of sp³-hybridized carbons (Fsp3) is 0.551. The average Bonchev–Trinajstić information content (AvgIpc) is 4.16. The summed E-state index contributed by atoms with van der Waals surface area (Å²) in [4.78, 5) is 68.0. The maximum absolute atomic E-state index is 15.3. The van der Waals surface area contributed by atoms with E-state index in [4.69, 9.17) is 19.2 Å². The number of pyridine rings is 2. The summed E-state index contributed by atoms with van der Waals surface area (Å²) >= 11 is 0. The number of amides is 4. The van der Waals surface area contributed by atoms with Gasteiger partial charge < -0.3 is 29.5 Å². The Kier molecular flexibility index (Phi) is 14.1. The summed E-state index contributed by atoms with van der Waals surface area (Å²) in [6, 6.07) is 12.1. The summed E-state index contributed by atoms with van der Waals surface area (Å²) < 4.78 is 90.3. The molecule has 4 heterocycles. The van der Waals surface area contributed by atoms with Gasteiger partial charge in [-0.05, 0) is 115 Å². The third kappa shape index (κ3) is 10.6. The van der Waals surface area contributed by atoms with Gasteiger partial charge in [0, 0.05) is 36.1 Å². The Bertz CT molecular complexity index is 2590. The van der Waals surface area contributed by atoms with E-state index in [1.54, 1.807) is 54.6 Å². The van der Waals surface area contributed by atoms with Gasteiger partial charge in [-0.3, -0.25) is 24.0 Å². The summed E-state index contributed by atoms with van der Waals surface area (Å²) in [6.45, 7) is 9.69. The van der Waals surface area contributed by atoms with Crippen molar-refractivity contribution >= 4 is 33.8 Å². The number of aromatic nitrogens is 2. The molecule has 16 nitrogen and oxygen atoms in total. The molecule has 20 heteroatoms. The summed E-state index contributed by atoms with van der Waals surface area (Å²) in [5.74, 6) is -3.60. The Balaban J connectivity index is 1.31. The molecule has 2 aromatic heterocycles. The molecule has 0 radical (unpaired) electrons. The van der Waals surface area contributed by atoms with Crippen LogP contribution in [0.2, 0.25) is 0 Å². The van der Waals surface area contributed by atoms with E-state index in [-0.39, 0.29) is 41.9 Å². The highest BCUT2D eigenvalue weighted by Crippen LogP contribution is 2.48. The van der Waals surface area contributed by atoms with Crippen LogP contribution in [0.1, 0.15) is 93.4 Å². The monoisotopic (exact) mass is 982 g/mol. The van der Waals surface area contributed by atoms with Gasteiger partial charge in [-0.25, -0.2) is 23.2 Å². The highest BCUT2D eigenvalue weighted by Gasteiger charge is 2.64. The number of alkyl halides is 3. The lowest BCUT2D eigenvalue weighted by Crippen LogP contribution is -2.66. The first-order valence-corrected chi connectivity index (χ1v) is 24.7. The maximum Gasteiger partial charge on any atom is 0.411 e. The molecule has 2 aliphatic carbocycles. The van der Waals surface area contributed by atoms with Crippen molar-refractivity contribution in [3.8, 4) is 40.0 Å². The van der Waals surface area contributed by atoms with Crippen LogP contribution in [0.15, 0.2) is 66.7 Å². The van der Waals surface area contributed by atoms with Gasteiger partial charge in [0.1, 0.15) is 40.8 Å². The Morgan fingerprint density at radius 2 is 1.67 bits per heavy atom. The fourth-order valence-corrected chi connectivity index (χ4v) is 10.6. The number of hydrogen-bond acceptors (Lipinski definition) is 11. The number of benzene rings is 1. The average molecular weight is 983 g/mol. The predicted octanol–water partition coefficient (Wildman–Crippen LogP) is 7.53. The largest absolute Gasteiger partial charge is 0.491 e. The lowest BCUT2D eigenvalue weighted by Gasteiger charge is -2.45. The van der Waals surface area contributed by atoms with Gasteiger partial charge in [0.05, 0.1) is 41.6 Å². The number of ether oxygens (including phenoxy) is 3. The number of carboxylic acid groups (broad SMARTS) is 1. The van der Waals surface area contributed by atoms with E-state index >= 15 is 4.79 Å². The van der Waals surface area contributed by atoms with Gasteiger partial charge in [0.2, 0.25) is 27.7 Å². The van der Waals surface area contributed by atoms with Gasteiger partial charge in [-0.15, -0.1) is 0 Å². The second kappa shape index (κ2) is 19.1. The van der Waals surface area contributed by atoms with Crippen molar-refractivity contribution in [2.75, 3.05) is 13.7 Å². The zero-order valence-corrected chi connectivity index (χ0v) is 40.8. The standard InChI is InChI=1S/C49H61F3N6O10S/c1-28(2)67-33-18-16-31(17-19-33)37-23-34(24-38(53-37)36-14-11-15-40(54-36)66-8)68-35-25-39-42(59)55-48(44(61)56-69(64,65)47(7)20-21-47)26-32(48)13-10-9-12-29(3)22-30(4)41(43(60)57(39)27-35)58(45(62)63)46(5,6)49(50,51)52/h10-11,13-19,23-24,28-30,32,35,39,41H,9,12,20-22,25-27H2,1-8H3,(H,55,59)(H,56,61)(H,62,63)/b13-10-/t29-,30-,32-,35-,39+,41+,48-/m1/s1. The predicted molar refractivity (Wildman–Crippen MR) is 249 cm³/mol. The SMILES string of the molecule is COc1cccc(-c2cc(O[C@@H]3C[C@H]4C(=O)N[C@]5(C(=O)NS(=O)(=O)C6(C)CC6)C[C@H]5/C=C\CC[C@@H](C)C[C@@H](C)[C@H](N(C(=O)O)C(C)(C)C(F)(F)F)C(=O)N4C3)cc(-c3ccc(OC(C)C)cc3)n2)n1. The van der Waals surface area contributed by atoms with Crippen LogP contribution in [0, 0.1) is 17.8 Å². The number of sulfonamides is 1. The summed E-state index contributed by atoms with van der Waals surface area (Å²) in [5, 5.41) is 13.4. The lowest BCUT2D eigenvalue weighted by atomic mass is 9.85. The van der Waals surface area contributed by atoms with Crippen molar-refractivity contribution in [2.24, 2.45) is 17.8 Å². The first kappa shape index (κ1) is 50.9. The molecule has 2 aliphatic heterocycles. The van der Waals surface area contributed by atoms with Crippen molar-refractivity contribution < 1.29 is 60.1 Å². The minimum absolute atomic E-state index is 0.0289. The molecular formula is C49H61F3N6O10S. The van der Waals surface area contributed by atoms with Gasteiger partial charge >= 0.3 is 12.3 Å². The molecule has 3 fully saturated rings. The summed E-state index contributed by atoms with van der Waals surface area (Å²) in [5.41, 5.74) is -2.95. The van der Waals surface area contributed by atoms with Crippen LogP contribution in [0.5, 0.6) is 17.4 Å². The number of hydrogen-bond donors (Lipinski definition) is 3. The molecule has 69 heavy (non-hydrogen) atoms. The number of rotatable bonds is 12. The van der Waals surface area contributed by atoms with Crippen LogP contribution in [0.3, 0.4) is 0 Å². The molecule has 0 unspecified atom stereocenters. The van der Waals surface area contributed by atoms with Crippen molar-refractivity contribution in [1.82, 2.24) is 29.8 Å². The maximum atomic E-state index is 15.3. The van der Waals surface area contributed by atoms with Crippen LogP contribution in [0.4, 0.5) is 18.0 Å². The second-order valence-electron chi connectivity index (χ2n) is 19.9. The molecule has 7 atom stereocenters. The third-order valence-electron chi connectivity index (χ3n) is 13.8. The number of methoxy groups -OCH3 is 1. The number of nitrogens with zero attached hydrogens (tertiary/aromatic N) is 4. The molecule has 3 aromatic rings. The van der Waals surface area contributed by atoms with Crippen LogP contribution in [-0.2, 0) is 24.4 Å². The molecule has 2 saturated carbocycles. The molecule has 7 rings (SSSR count). The number of carbonyl (C=O) groups is 4. The quantitative estimate of drug-likeness (QED) is 0.151. The highest BCUT2D eigenvalue weighted by molar-refractivity contribution is 7.91.